The van der Waals surface area contributed by atoms with Crippen LogP contribution in [0, 0.1) is 13.8 Å². The van der Waals surface area contributed by atoms with E-state index in [1.807, 2.05) is 134 Å². The predicted molar refractivity (Wildman–Crippen MR) is 347 cm³/mol. The maximum Gasteiger partial charge on any atom is 0.410 e. The molecule has 458 valence electrons. The molecule has 1 atom stereocenters. The number of H-pyrrole nitrogens is 3. The topological polar surface area (TPSA) is 221 Å². The Kier molecular flexibility index (Phi) is 17.6. The second kappa shape index (κ2) is 26.2. The molecule has 13 rings (SSSR count). The zero-order valence-corrected chi connectivity index (χ0v) is 52.0. The highest BCUT2D eigenvalue weighted by Crippen LogP contribution is 2.39. The molecule has 19 nitrogen and oxygen atoms in total. The molecule has 1 unspecified atom stereocenters. The molecule has 3 aliphatic rings. The molecule has 0 saturated carbocycles. The fraction of sp³-hybridized carbons (Fsp3) is 0.357. The minimum atomic E-state index is -0.585. The fourth-order valence-corrected chi connectivity index (χ4v) is 12.2. The van der Waals surface area contributed by atoms with Crippen molar-refractivity contribution in [2.45, 2.75) is 118 Å². The molecule has 0 spiro atoms. The number of aromatic nitrogens is 10. The lowest BCUT2D eigenvalue weighted by molar-refractivity contribution is -0.0365. The number of imidazole rings is 2. The summed E-state index contributed by atoms with van der Waals surface area (Å²) < 4.78 is 13.9. The van der Waals surface area contributed by atoms with Gasteiger partial charge in [0.1, 0.15) is 39.8 Å². The first kappa shape index (κ1) is 60.0. The molecule has 89 heavy (non-hydrogen) atoms. The van der Waals surface area contributed by atoms with Gasteiger partial charge in [0, 0.05) is 104 Å². The van der Waals surface area contributed by atoms with Crippen LogP contribution >= 0.6 is 0 Å². The first-order valence-corrected chi connectivity index (χ1v) is 31.3. The third-order valence-corrected chi connectivity index (χ3v) is 17.1. The standard InChI is InChI=1S/C40H47N7O4.C30H31N7O/c1-6-45(39(49)51-40(3,4)5)25-29-23-41-24-31(26(29)2)28-17-18-32-30(22-28)35(44-47(32)33-16-10-13-21-50-33)37-42-34(27-14-8-7-9-15-27)36(43-37)38(48)46-19-11-12-20-46;1-3-31-16-22-17-32-18-24(19(22)2)21-11-12-25-23(15-21)27(36-35-25)29-33-26(20-9-5-4-6-10-20)28(34-29)30(38)37-13-7-8-14-37/h7-9,14-15,17-18,22-24,33H,6,10-13,16,19-21,25H2,1-5H3,(H,42,43);4-6,9-12,15,17-18,31H,3,7-8,13-14,16H2,1-2H3,(H,33,34)(H,35,36). The van der Waals surface area contributed by atoms with Crippen LogP contribution in [-0.2, 0) is 22.6 Å². The molecule has 10 aromatic rings. The second-order valence-electron chi connectivity index (χ2n) is 24.2. The van der Waals surface area contributed by atoms with Crippen LogP contribution in [0.1, 0.15) is 129 Å². The van der Waals surface area contributed by atoms with Crippen molar-refractivity contribution in [2.75, 3.05) is 45.9 Å². The fourth-order valence-electron chi connectivity index (χ4n) is 12.2. The average molecular weight is 1200 g/mol. The van der Waals surface area contributed by atoms with Gasteiger partial charge in [-0.1, -0.05) is 79.7 Å². The molecular weight excluding hydrogens is 1120 g/mol. The number of pyridine rings is 2. The number of nitrogens with one attached hydrogen (secondary N) is 4. The number of rotatable bonds is 15. The molecule has 3 saturated heterocycles. The summed E-state index contributed by atoms with van der Waals surface area (Å²) in [6.45, 7) is 20.1. The summed E-state index contributed by atoms with van der Waals surface area (Å²) in [5.74, 6) is 1.05. The first-order chi connectivity index (χ1) is 43.2. The van der Waals surface area contributed by atoms with Gasteiger partial charge in [0.2, 0.25) is 0 Å². The summed E-state index contributed by atoms with van der Waals surface area (Å²) in [5.41, 5.74) is 15.0. The number of likely N-dealkylation sites (tertiary alicyclic amines) is 2. The summed E-state index contributed by atoms with van der Waals surface area (Å²) in [4.78, 5) is 71.8. The third kappa shape index (κ3) is 12.7. The van der Waals surface area contributed by atoms with Crippen molar-refractivity contribution in [3.63, 3.8) is 0 Å². The van der Waals surface area contributed by atoms with Gasteiger partial charge < -0.3 is 39.5 Å². The van der Waals surface area contributed by atoms with Crippen LogP contribution in [0.2, 0.25) is 0 Å². The van der Waals surface area contributed by atoms with Crippen molar-refractivity contribution >= 4 is 39.7 Å². The second-order valence-corrected chi connectivity index (χ2v) is 24.2. The lowest BCUT2D eigenvalue weighted by Gasteiger charge is -2.27. The van der Waals surface area contributed by atoms with E-state index in [9.17, 15) is 14.4 Å². The monoisotopic (exact) mass is 1190 g/mol. The van der Waals surface area contributed by atoms with E-state index in [1.165, 1.54) is 11.1 Å². The molecule has 9 heterocycles. The van der Waals surface area contributed by atoms with Crippen molar-refractivity contribution in [3.05, 3.63) is 155 Å². The quantitative estimate of drug-likeness (QED) is 0.0753. The van der Waals surface area contributed by atoms with Crippen LogP contribution in [0.15, 0.2) is 122 Å². The van der Waals surface area contributed by atoms with Crippen LogP contribution in [0.25, 0.3) is 89.6 Å². The highest BCUT2D eigenvalue weighted by atomic mass is 16.6. The van der Waals surface area contributed by atoms with Gasteiger partial charge in [0.15, 0.2) is 17.9 Å². The Morgan fingerprint density at radius 3 is 1.78 bits per heavy atom. The van der Waals surface area contributed by atoms with Gasteiger partial charge in [-0.25, -0.2) is 19.4 Å². The predicted octanol–water partition coefficient (Wildman–Crippen LogP) is 13.5. The highest BCUT2D eigenvalue weighted by molar-refractivity contribution is 6.02. The molecule has 19 heteroatoms. The van der Waals surface area contributed by atoms with Crippen LogP contribution in [0.4, 0.5) is 4.79 Å². The Hall–Kier alpha value is -9.33. The Bertz CT molecular complexity index is 4160. The van der Waals surface area contributed by atoms with Crippen LogP contribution in [-0.4, -0.2) is 134 Å². The normalized spacial score (nSPS) is 15.2. The van der Waals surface area contributed by atoms with Gasteiger partial charge >= 0.3 is 6.09 Å². The van der Waals surface area contributed by atoms with Crippen molar-refractivity contribution in [1.82, 2.24) is 69.9 Å². The van der Waals surface area contributed by atoms with Gasteiger partial charge in [0.25, 0.3) is 11.8 Å². The first-order valence-electron chi connectivity index (χ1n) is 31.3. The summed E-state index contributed by atoms with van der Waals surface area (Å²) in [5, 5.41) is 18.1. The van der Waals surface area contributed by atoms with Crippen molar-refractivity contribution < 1.29 is 23.9 Å². The zero-order valence-electron chi connectivity index (χ0n) is 52.0. The molecule has 4 aromatic carbocycles. The summed E-state index contributed by atoms with van der Waals surface area (Å²) in [6.07, 6.45) is 14.0. The number of hydrogen-bond acceptors (Lipinski definition) is 12. The van der Waals surface area contributed by atoms with Gasteiger partial charge in [-0.3, -0.25) is 24.7 Å². The Labute approximate surface area is 518 Å². The molecule has 4 N–H and O–H groups in total. The van der Waals surface area contributed by atoms with Crippen LogP contribution < -0.4 is 5.32 Å². The van der Waals surface area contributed by atoms with E-state index in [1.54, 1.807) is 4.90 Å². The zero-order chi connectivity index (χ0) is 61.8. The molecule has 0 aliphatic carbocycles. The lowest BCUT2D eigenvalue weighted by Crippen LogP contribution is -2.36. The number of aromatic amines is 3. The Balaban J connectivity index is 0.000000180. The third-order valence-electron chi connectivity index (χ3n) is 17.1. The van der Waals surface area contributed by atoms with Gasteiger partial charge in [0.05, 0.1) is 17.6 Å². The van der Waals surface area contributed by atoms with Crippen LogP contribution in [0.3, 0.4) is 0 Å². The molecule has 0 radical (unpaired) electrons. The minimum absolute atomic E-state index is 0.0140. The number of carbonyl (C=O) groups is 3. The van der Waals surface area contributed by atoms with Crippen LogP contribution in [0.5, 0.6) is 0 Å². The molecule has 3 fully saturated rings. The van der Waals surface area contributed by atoms with Crippen molar-refractivity contribution in [1.29, 1.82) is 0 Å². The summed E-state index contributed by atoms with van der Waals surface area (Å²) >= 11 is 0. The lowest BCUT2D eigenvalue weighted by atomic mass is 9.97. The number of benzene rings is 4. The van der Waals surface area contributed by atoms with E-state index >= 15 is 0 Å². The van der Waals surface area contributed by atoms with Crippen molar-refractivity contribution in [2.24, 2.45) is 0 Å². The average Bonchev–Trinajstić information content (AvgIpc) is 1.65. The van der Waals surface area contributed by atoms with E-state index in [0.29, 0.717) is 65.5 Å². The maximum atomic E-state index is 13.9. The number of fused-ring (bicyclic) bond motifs is 2. The Morgan fingerprint density at radius 1 is 0.652 bits per heavy atom. The molecule has 6 aromatic heterocycles. The number of nitrogens with zero attached hydrogens (tertiary/aromatic N) is 10. The highest BCUT2D eigenvalue weighted by Gasteiger charge is 2.31. The van der Waals surface area contributed by atoms with E-state index in [4.69, 9.17) is 24.5 Å². The largest absolute Gasteiger partial charge is 0.444 e. The van der Waals surface area contributed by atoms with E-state index in [-0.39, 0.29) is 24.1 Å². The van der Waals surface area contributed by atoms with E-state index in [2.05, 4.69) is 86.6 Å². The number of ether oxygens (including phenoxy) is 2. The van der Waals surface area contributed by atoms with Gasteiger partial charge in [-0.05, 0) is 151 Å². The number of hydrogen-bond donors (Lipinski definition) is 4. The maximum absolute atomic E-state index is 13.9. The number of carbonyl (C=O) groups excluding carboxylic acids is 3. The van der Waals surface area contributed by atoms with Gasteiger partial charge in [-0.2, -0.15) is 10.2 Å². The Morgan fingerprint density at radius 2 is 1.21 bits per heavy atom. The number of amides is 3. The molecule has 3 aliphatic heterocycles. The van der Waals surface area contributed by atoms with E-state index < -0.39 is 5.60 Å². The summed E-state index contributed by atoms with van der Waals surface area (Å²) in [6, 6.07) is 32.3. The molecular formula is C70H78N14O5. The van der Waals surface area contributed by atoms with Crippen molar-refractivity contribution in [3.8, 4) is 67.8 Å². The minimum Gasteiger partial charge on any atom is -0.444 e. The molecule has 0 bridgehead atoms. The summed E-state index contributed by atoms with van der Waals surface area (Å²) in [7, 11) is 0. The van der Waals surface area contributed by atoms with Gasteiger partial charge in [-0.15, -0.1) is 0 Å². The smallest absolute Gasteiger partial charge is 0.410 e. The SMILES string of the molecule is CCN(Cc1cncc(-c2ccc3c(c2)c(-c2nc(-c4ccccc4)c(C(=O)N4CCCC4)[nH]2)nn3C2CCCCO2)c1C)C(=O)OC(C)(C)C.CCNCc1cncc(-c2ccc3[nH]nc(-c4nc(-c5ccccc5)c(C(=O)N5CCCC5)[nH]4)c3c2)c1C. The van der Waals surface area contributed by atoms with E-state index in [0.717, 1.165) is 151 Å². The molecule has 3 amide bonds.